The molecule has 8 heteroatoms. The molecule has 33 heavy (non-hydrogen) atoms. The number of rotatable bonds is 9. The van der Waals surface area contributed by atoms with Crippen LogP contribution in [0.25, 0.3) is 0 Å². The van der Waals surface area contributed by atoms with Gasteiger partial charge in [0.15, 0.2) is 0 Å². The Morgan fingerprint density at radius 1 is 1.03 bits per heavy atom. The Balaban J connectivity index is 0.00000385. The van der Waals surface area contributed by atoms with E-state index in [2.05, 4.69) is 5.32 Å². The van der Waals surface area contributed by atoms with Crippen LogP contribution in [0.2, 0.25) is 0 Å². The first kappa shape index (κ1) is 26.5. The number of likely N-dealkylation sites (tertiary alicyclic amines) is 1. The standard InChI is InChI=1S/C25H33N3O4.ClH/c1-17(2)23(27-24(29)18(3)26)25(30)28-15-22(32-21-12-8-5-9-13-21)14-19(28)16-31-20-10-6-4-7-11-20;/h4-13,17-19,22-23H,14-16,26H2,1-3H3,(H,27,29);1H/t18-,19-,22-,23-;/m0./s1. The molecule has 7 nitrogen and oxygen atoms in total. The molecule has 0 radical (unpaired) electrons. The maximum Gasteiger partial charge on any atom is 0.245 e. The van der Waals surface area contributed by atoms with E-state index in [1.165, 1.54) is 0 Å². The predicted octanol–water partition coefficient (Wildman–Crippen LogP) is 3.02. The lowest BCUT2D eigenvalue weighted by atomic mass is 10.0. The average molecular weight is 476 g/mol. The van der Waals surface area contributed by atoms with Crippen LogP contribution in [-0.4, -0.2) is 54.1 Å². The third kappa shape index (κ3) is 7.37. The Labute approximate surface area is 202 Å². The summed E-state index contributed by atoms with van der Waals surface area (Å²) in [6.07, 6.45) is 0.474. The van der Waals surface area contributed by atoms with Gasteiger partial charge in [-0.2, -0.15) is 0 Å². The highest BCUT2D eigenvalue weighted by Gasteiger charge is 2.40. The maximum absolute atomic E-state index is 13.5. The van der Waals surface area contributed by atoms with Crippen LogP contribution < -0.4 is 20.5 Å². The topological polar surface area (TPSA) is 93.9 Å². The van der Waals surface area contributed by atoms with E-state index in [-0.39, 0.29) is 42.3 Å². The van der Waals surface area contributed by atoms with Gasteiger partial charge in [0.05, 0.1) is 18.6 Å². The number of amides is 2. The molecule has 0 saturated carbocycles. The molecule has 0 aromatic heterocycles. The zero-order valence-electron chi connectivity index (χ0n) is 19.3. The van der Waals surface area contributed by atoms with Gasteiger partial charge in [-0.05, 0) is 37.1 Å². The van der Waals surface area contributed by atoms with Crippen molar-refractivity contribution in [2.45, 2.75) is 51.4 Å². The lowest BCUT2D eigenvalue weighted by Gasteiger charge is -2.31. The summed E-state index contributed by atoms with van der Waals surface area (Å²) in [6.45, 7) is 6.19. The van der Waals surface area contributed by atoms with Gasteiger partial charge >= 0.3 is 0 Å². The van der Waals surface area contributed by atoms with Gasteiger partial charge < -0.3 is 25.4 Å². The lowest BCUT2D eigenvalue weighted by Crippen LogP contribution is -2.55. The van der Waals surface area contributed by atoms with Crippen molar-refractivity contribution in [2.24, 2.45) is 11.7 Å². The second-order valence-electron chi connectivity index (χ2n) is 8.58. The van der Waals surface area contributed by atoms with Gasteiger partial charge in [-0.15, -0.1) is 12.4 Å². The van der Waals surface area contributed by atoms with Crippen molar-refractivity contribution in [3.05, 3.63) is 60.7 Å². The summed E-state index contributed by atoms with van der Waals surface area (Å²) in [6, 6.07) is 17.6. The molecule has 0 bridgehead atoms. The Kier molecular flexibility index (Phi) is 10.0. The van der Waals surface area contributed by atoms with Crippen LogP contribution in [0.1, 0.15) is 27.2 Å². The van der Waals surface area contributed by atoms with Gasteiger partial charge in [-0.25, -0.2) is 0 Å². The van der Waals surface area contributed by atoms with E-state index in [1.807, 2.05) is 74.5 Å². The molecule has 2 amide bonds. The molecule has 1 saturated heterocycles. The molecule has 1 fully saturated rings. The van der Waals surface area contributed by atoms with Gasteiger partial charge in [0.1, 0.15) is 30.3 Å². The summed E-state index contributed by atoms with van der Waals surface area (Å²) in [4.78, 5) is 27.5. The molecule has 0 aliphatic carbocycles. The summed E-state index contributed by atoms with van der Waals surface area (Å²) < 4.78 is 12.1. The van der Waals surface area contributed by atoms with Crippen LogP contribution in [-0.2, 0) is 9.59 Å². The molecule has 180 valence electrons. The van der Waals surface area contributed by atoms with Gasteiger partial charge in [0, 0.05) is 6.42 Å². The van der Waals surface area contributed by atoms with E-state index in [0.29, 0.717) is 19.6 Å². The molecule has 2 aromatic rings. The van der Waals surface area contributed by atoms with Crippen LogP contribution in [0.4, 0.5) is 0 Å². The van der Waals surface area contributed by atoms with Crippen molar-refractivity contribution >= 4 is 24.2 Å². The van der Waals surface area contributed by atoms with Gasteiger partial charge in [0.25, 0.3) is 0 Å². The number of hydrogen-bond donors (Lipinski definition) is 2. The van der Waals surface area contributed by atoms with Gasteiger partial charge in [-0.1, -0.05) is 50.2 Å². The number of para-hydroxylation sites is 2. The molecule has 0 spiro atoms. The van der Waals surface area contributed by atoms with Crippen LogP contribution in [0.5, 0.6) is 11.5 Å². The highest BCUT2D eigenvalue weighted by atomic mass is 35.5. The molecular formula is C25H34ClN3O4. The number of carbonyl (C=O) groups is 2. The molecule has 1 heterocycles. The van der Waals surface area contributed by atoms with E-state index in [9.17, 15) is 9.59 Å². The highest BCUT2D eigenvalue weighted by Crippen LogP contribution is 2.26. The van der Waals surface area contributed by atoms with Crippen LogP contribution in [0, 0.1) is 5.92 Å². The smallest absolute Gasteiger partial charge is 0.245 e. The number of nitrogens with zero attached hydrogens (tertiary/aromatic N) is 1. The van der Waals surface area contributed by atoms with Gasteiger partial charge in [-0.3, -0.25) is 9.59 Å². The normalized spacial score (nSPS) is 19.4. The van der Waals surface area contributed by atoms with Crippen LogP contribution in [0.3, 0.4) is 0 Å². The minimum Gasteiger partial charge on any atom is -0.491 e. The minimum atomic E-state index is -0.686. The first-order valence-corrected chi connectivity index (χ1v) is 11.1. The molecule has 3 N–H and O–H groups in total. The minimum absolute atomic E-state index is 0. The van der Waals surface area contributed by atoms with Crippen molar-refractivity contribution in [3.63, 3.8) is 0 Å². The Hall–Kier alpha value is -2.77. The summed E-state index contributed by atoms with van der Waals surface area (Å²) in [5.41, 5.74) is 5.71. The quantitative estimate of drug-likeness (QED) is 0.581. The third-order valence-corrected chi connectivity index (χ3v) is 5.53. The van der Waals surface area contributed by atoms with Crippen LogP contribution >= 0.6 is 12.4 Å². The molecule has 0 unspecified atom stereocenters. The van der Waals surface area contributed by atoms with E-state index in [0.717, 1.165) is 11.5 Å². The fourth-order valence-electron chi connectivity index (χ4n) is 3.76. The largest absolute Gasteiger partial charge is 0.491 e. The van der Waals surface area contributed by atoms with Crippen molar-refractivity contribution in [1.82, 2.24) is 10.2 Å². The number of nitrogens with one attached hydrogen (secondary N) is 1. The molecule has 3 rings (SSSR count). The Morgan fingerprint density at radius 3 is 2.15 bits per heavy atom. The first-order valence-electron chi connectivity index (χ1n) is 11.1. The van der Waals surface area contributed by atoms with E-state index in [4.69, 9.17) is 15.2 Å². The molecular weight excluding hydrogens is 442 g/mol. The van der Waals surface area contributed by atoms with E-state index in [1.54, 1.807) is 11.8 Å². The number of ether oxygens (including phenoxy) is 2. The predicted molar refractivity (Wildman–Crippen MR) is 131 cm³/mol. The molecule has 4 atom stereocenters. The van der Waals surface area contributed by atoms with Crippen molar-refractivity contribution in [3.8, 4) is 11.5 Å². The second kappa shape index (κ2) is 12.5. The Morgan fingerprint density at radius 2 is 1.61 bits per heavy atom. The van der Waals surface area contributed by atoms with Gasteiger partial charge in [0.2, 0.25) is 11.8 Å². The Bertz CT molecular complexity index is 880. The average Bonchev–Trinajstić information content (AvgIpc) is 3.19. The van der Waals surface area contributed by atoms with Crippen LogP contribution in [0.15, 0.2) is 60.7 Å². The number of hydrogen-bond acceptors (Lipinski definition) is 5. The summed E-state index contributed by atoms with van der Waals surface area (Å²) >= 11 is 0. The number of carbonyl (C=O) groups excluding carboxylic acids is 2. The molecule has 1 aliphatic heterocycles. The second-order valence-corrected chi connectivity index (χ2v) is 8.58. The number of nitrogens with two attached hydrogens (primary N) is 1. The lowest BCUT2D eigenvalue weighted by molar-refractivity contribution is -0.139. The monoisotopic (exact) mass is 475 g/mol. The third-order valence-electron chi connectivity index (χ3n) is 5.53. The molecule has 2 aromatic carbocycles. The van der Waals surface area contributed by atoms with Crippen molar-refractivity contribution in [1.29, 1.82) is 0 Å². The SMILES string of the molecule is CC(C)[C@H](NC(=O)[C@H](C)N)C(=O)N1C[C@@H](Oc2ccccc2)C[C@H]1COc1ccccc1.Cl. The summed E-state index contributed by atoms with van der Waals surface area (Å²) in [5.74, 6) is 0.938. The number of halogens is 1. The zero-order chi connectivity index (χ0) is 23.1. The number of benzene rings is 2. The van der Waals surface area contributed by atoms with Crippen molar-refractivity contribution < 1.29 is 19.1 Å². The zero-order valence-corrected chi connectivity index (χ0v) is 20.2. The van der Waals surface area contributed by atoms with E-state index < -0.39 is 12.1 Å². The molecule has 1 aliphatic rings. The summed E-state index contributed by atoms with van der Waals surface area (Å²) in [7, 11) is 0. The van der Waals surface area contributed by atoms with E-state index >= 15 is 0 Å². The fourth-order valence-corrected chi connectivity index (χ4v) is 3.76. The fraction of sp³-hybridized carbons (Fsp3) is 0.440. The van der Waals surface area contributed by atoms with Crippen molar-refractivity contribution in [2.75, 3.05) is 13.2 Å². The maximum atomic E-state index is 13.5. The summed E-state index contributed by atoms with van der Waals surface area (Å²) in [5, 5.41) is 2.81. The first-order chi connectivity index (χ1) is 15.3. The highest BCUT2D eigenvalue weighted by molar-refractivity contribution is 5.90.